The quantitative estimate of drug-likeness (QED) is 0.154. The van der Waals surface area contributed by atoms with Crippen molar-refractivity contribution in [1.82, 2.24) is 0 Å². The van der Waals surface area contributed by atoms with Crippen LogP contribution in [0.1, 0.15) is 99.9 Å². The van der Waals surface area contributed by atoms with Gasteiger partial charge in [0.1, 0.15) is 0 Å². The minimum atomic E-state index is -0.107. The molecule has 4 aliphatic carbocycles. The van der Waals surface area contributed by atoms with Gasteiger partial charge < -0.3 is 0 Å². The van der Waals surface area contributed by atoms with E-state index >= 15 is 0 Å². The molecule has 242 valence electrons. The second kappa shape index (κ2) is 8.67. The van der Waals surface area contributed by atoms with Crippen molar-refractivity contribution < 1.29 is 0 Å². The summed E-state index contributed by atoms with van der Waals surface area (Å²) in [5.74, 6) is 0. The summed E-state index contributed by atoms with van der Waals surface area (Å²) >= 11 is 0. The molecule has 4 aliphatic rings. The summed E-state index contributed by atoms with van der Waals surface area (Å²) in [7, 11) is 0. The molecular formula is C50H42. The fourth-order valence-corrected chi connectivity index (χ4v) is 11.0. The number of benzene rings is 7. The molecule has 0 N–H and O–H groups in total. The molecule has 0 saturated carbocycles. The third-order valence-electron chi connectivity index (χ3n) is 13.8. The van der Waals surface area contributed by atoms with Crippen LogP contribution in [0.4, 0.5) is 0 Å². The molecule has 0 bridgehead atoms. The molecule has 0 aromatic heterocycles. The van der Waals surface area contributed by atoms with E-state index in [9.17, 15) is 0 Å². The fourth-order valence-electron chi connectivity index (χ4n) is 11.0. The largest absolute Gasteiger partial charge is 0.0616 e. The molecule has 0 radical (unpaired) electrons. The first-order valence-corrected chi connectivity index (χ1v) is 18.4. The van der Waals surface area contributed by atoms with Gasteiger partial charge in [-0.1, -0.05) is 128 Å². The standard InChI is InChI=1S/C50H42/c1-47(2)37-19-17-27-13-9-11-15-29(27)45(37)35-25-41-33(23-43(35)47)31-21-40-32(22-39(31)49(41,5)6)34-24-44-36(26-42(34)50(40,7)8)46-30-16-12-10-14-28(30)18-20-38(46)48(44,3)4/h9-26H,1-8H3. The highest BCUT2D eigenvalue weighted by Gasteiger charge is 2.46. The van der Waals surface area contributed by atoms with Gasteiger partial charge in [-0.05, 0) is 147 Å². The maximum absolute atomic E-state index is 2.59. The van der Waals surface area contributed by atoms with E-state index in [0.717, 1.165) is 0 Å². The molecule has 0 saturated heterocycles. The van der Waals surface area contributed by atoms with E-state index in [-0.39, 0.29) is 21.7 Å². The van der Waals surface area contributed by atoms with Crippen molar-refractivity contribution in [1.29, 1.82) is 0 Å². The molecule has 0 heterocycles. The Hall–Kier alpha value is -4.94. The van der Waals surface area contributed by atoms with Crippen molar-refractivity contribution in [3.05, 3.63) is 154 Å². The molecular weight excluding hydrogens is 601 g/mol. The lowest BCUT2D eigenvalue weighted by Gasteiger charge is -2.25. The van der Waals surface area contributed by atoms with Crippen LogP contribution in [-0.2, 0) is 21.7 Å². The van der Waals surface area contributed by atoms with E-state index < -0.39 is 0 Å². The maximum atomic E-state index is 2.59. The van der Waals surface area contributed by atoms with Crippen molar-refractivity contribution in [2.45, 2.75) is 77.0 Å². The van der Waals surface area contributed by atoms with Gasteiger partial charge in [-0.3, -0.25) is 0 Å². The topological polar surface area (TPSA) is 0 Å². The Morgan fingerprint density at radius 1 is 0.280 bits per heavy atom. The zero-order chi connectivity index (χ0) is 34.3. The Morgan fingerprint density at radius 2 is 0.560 bits per heavy atom. The Bertz CT molecular complexity index is 2550. The molecule has 7 aromatic carbocycles. The average molecular weight is 643 g/mol. The number of rotatable bonds is 0. The summed E-state index contributed by atoms with van der Waals surface area (Å²) in [6.45, 7) is 19.5. The van der Waals surface area contributed by atoms with Crippen LogP contribution in [-0.4, -0.2) is 0 Å². The van der Waals surface area contributed by atoms with Crippen LogP contribution in [0, 0.1) is 0 Å². The van der Waals surface area contributed by atoms with Gasteiger partial charge in [0.05, 0.1) is 0 Å². The second-order valence-electron chi connectivity index (χ2n) is 17.7. The summed E-state index contributed by atoms with van der Waals surface area (Å²) in [6.07, 6.45) is 0. The summed E-state index contributed by atoms with van der Waals surface area (Å²) in [5.41, 5.74) is 22.7. The first kappa shape index (κ1) is 28.9. The highest BCUT2D eigenvalue weighted by atomic mass is 14.5. The van der Waals surface area contributed by atoms with Crippen LogP contribution in [0.5, 0.6) is 0 Å². The Balaban J connectivity index is 1.13. The molecule has 0 unspecified atom stereocenters. The maximum Gasteiger partial charge on any atom is 0.0159 e. The van der Waals surface area contributed by atoms with Crippen molar-refractivity contribution in [2.75, 3.05) is 0 Å². The lowest BCUT2D eigenvalue weighted by atomic mass is 9.78. The minimum Gasteiger partial charge on any atom is -0.0616 e. The normalized spacial score (nSPS) is 18.2. The lowest BCUT2D eigenvalue weighted by Crippen LogP contribution is -2.17. The molecule has 0 spiro atoms. The minimum absolute atomic E-state index is 0.0588. The Labute approximate surface area is 295 Å². The van der Waals surface area contributed by atoms with E-state index in [1.165, 1.54) is 111 Å². The zero-order valence-corrected chi connectivity index (χ0v) is 30.4. The Kier molecular flexibility index (Phi) is 5.00. The molecule has 0 amide bonds. The van der Waals surface area contributed by atoms with Crippen LogP contribution in [0.25, 0.3) is 66.1 Å². The number of hydrogen-bond acceptors (Lipinski definition) is 0. The molecule has 0 atom stereocenters. The predicted molar refractivity (Wildman–Crippen MR) is 212 cm³/mol. The molecule has 0 fully saturated rings. The molecule has 50 heavy (non-hydrogen) atoms. The van der Waals surface area contributed by atoms with Crippen LogP contribution in [0.3, 0.4) is 0 Å². The molecule has 0 nitrogen and oxygen atoms in total. The van der Waals surface area contributed by atoms with Gasteiger partial charge in [0.15, 0.2) is 0 Å². The van der Waals surface area contributed by atoms with Crippen molar-refractivity contribution in [2.24, 2.45) is 0 Å². The van der Waals surface area contributed by atoms with Crippen LogP contribution < -0.4 is 0 Å². The smallest absolute Gasteiger partial charge is 0.0159 e. The van der Waals surface area contributed by atoms with Gasteiger partial charge in [0.2, 0.25) is 0 Å². The van der Waals surface area contributed by atoms with Crippen molar-refractivity contribution >= 4 is 21.5 Å². The van der Waals surface area contributed by atoms with Gasteiger partial charge in [0.25, 0.3) is 0 Å². The molecule has 11 rings (SSSR count). The van der Waals surface area contributed by atoms with Crippen LogP contribution in [0.15, 0.2) is 109 Å². The summed E-state index contributed by atoms with van der Waals surface area (Å²) in [6, 6.07) is 42.7. The predicted octanol–water partition coefficient (Wildman–Crippen LogP) is 13.2. The zero-order valence-electron chi connectivity index (χ0n) is 30.4. The van der Waals surface area contributed by atoms with Gasteiger partial charge >= 0.3 is 0 Å². The van der Waals surface area contributed by atoms with Gasteiger partial charge in [-0.2, -0.15) is 0 Å². The van der Waals surface area contributed by atoms with E-state index in [2.05, 4.69) is 165 Å². The molecule has 0 aliphatic heterocycles. The van der Waals surface area contributed by atoms with Gasteiger partial charge in [-0.15, -0.1) is 0 Å². The van der Waals surface area contributed by atoms with Crippen molar-refractivity contribution in [3.63, 3.8) is 0 Å². The average Bonchev–Trinajstić information content (AvgIpc) is 3.66. The third kappa shape index (κ3) is 3.17. The lowest BCUT2D eigenvalue weighted by molar-refractivity contribution is 0.648. The first-order valence-electron chi connectivity index (χ1n) is 18.4. The van der Waals surface area contributed by atoms with Crippen LogP contribution in [0.2, 0.25) is 0 Å². The van der Waals surface area contributed by atoms with Gasteiger partial charge in [-0.25, -0.2) is 0 Å². The first-order chi connectivity index (χ1) is 23.8. The number of hydrogen-bond donors (Lipinski definition) is 0. The molecule has 7 aromatic rings. The highest BCUT2D eigenvalue weighted by molar-refractivity contribution is 6.05. The van der Waals surface area contributed by atoms with E-state index in [1.54, 1.807) is 0 Å². The summed E-state index contributed by atoms with van der Waals surface area (Å²) in [4.78, 5) is 0. The monoisotopic (exact) mass is 642 g/mol. The van der Waals surface area contributed by atoms with Gasteiger partial charge in [0, 0.05) is 21.7 Å². The van der Waals surface area contributed by atoms with E-state index in [0.29, 0.717) is 0 Å². The summed E-state index contributed by atoms with van der Waals surface area (Å²) in [5, 5.41) is 5.38. The van der Waals surface area contributed by atoms with Crippen molar-refractivity contribution in [3.8, 4) is 44.5 Å². The van der Waals surface area contributed by atoms with Crippen LogP contribution >= 0.6 is 0 Å². The molecule has 0 heteroatoms. The van der Waals surface area contributed by atoms with E-state index in [1.807, 2.05) is 0 Å². The third-order valence-corrected chi connectivity index (χ3v) is 13.8. The summed E-state index contributed by atoms with van der Waals surface area (Å²) < 4.78 is 0. The fraction of sp³-hybridized carbons (Fsp3) is 0.240. The second-order valence-corrected chi connectivity index (χ2v) is 17.7. The number of fused-ring (bicyclic) bond motifs is 16. The highest BCUT2D eigenvalue weighted by Crippen LogP contribution is 2.62. The van der Waals surface area contributed by atoms with E-state index in [4.69, 9.17) is 0 Å². The Morgan fingerprint density at radius 3 is 0.920 bits per heavy atom. The SMILES string of the molecule is CC1(C)c2cc3c(cc2-c2cc4c(cc21)-c1c(ccc2ccccc12)C4(C)C)C(C)(C)c1cc2c(cc1-3)C(C)(C)c1ccc3ccccc3c1-2.